The molecule has 2 rings (SSSR count). The van der Waals surface area contributed by atoms with Crippen LogP contribution in [0.5, 0.6) is 0 Å². The van der Waals surface area contributed by atoms with Gasteiger partial charge < -0.3 is 10.1 Å². The molecule has 0 aliphatic carbocycles. The second-order valence-corrected chi connectivity index (χ2v) is 5.23. The Hall–Kier alpha value is -1.00. The summed E-state index contributed by atoms with van der Waals surface area (Å²) in [5.74, 6) is 0.641. The number of nitrogens with one attached hydrogen (secondary N) is 1. The van der Waals surface area contributed by atoms with Crippen LogP contribution in [0.1, 0.15) is 49.7 Å². The Labute approximate surface area is 116 Å². The fourth-order valence-electron chi connectivity index (χ4n) is 2.88. The smallest absolute Gasteiger partial charge is 0.0676 e. The van der Waals surface area contributed by atoms with E-state index >= 15 is 0 Å². The number of hydrogen-bond acceptors (Lipinski definition) is 4. The van der Waals surface area contributed by atoms with E-state index in [1.54, 1.807) is 0 Å². The summed E-state index contributed by atoms with van der Waals surface area (Å²) in [5.41, 5.74) is 3.47. The largest absolute Gasteiger partial charge is 0.381 e. The molecule has 0 spiro atoms. The third-order valence-electron chi connectivity index (χ3n) is 3.86. The molecule has 2 heterocycles. The minimum atomic E-state index is 0.387. The van der Waals surface area contributed by atoms with E-state index in [0.717, 1.165) is 50.4 Å². The van der Waals surface area contributed by atoms with Crippen molar-refractivity contribution in [1.82, 2.24) is 15.5 Å². The molecule has 19 heavy (non-hydrogen) atoms. The number of aryl methyl sites for hydroxylation is 2. The van der Waals surface area contributed by atoms with Crippen molar-refractivity contribution in [1.29, 1.82) is 0 Å². The Balaban J connectivity index is 2.28. The molecule has 1 fully saturated rings. The summed E-state index contributed by atoms with van der Waals surface area (Å²) < 4.78 is 5.49. The first-order valence-corrected chi connectivity index (χ1v) is 7.40. The molecule has 1 aliphatic heterocycles. The van der Waals surface area contributed by atoms with E-state index in [1.807, 2.05) is 6.92 Å². The lowest BCUT2D eigenvalue weighted by molar-refractivity contribution is 0.0536. The lowest BCUT2D eigenvalue weighted by Gasteiger charge is -2.32. The summed E-state index contributed by atoms with van der Waals surface area (Å²) in [7, 11) is 0. The van der Waals surface area contributed by atoms with Gasteiger partial charge in [-0.1, -0.05) is 13.8 Å². The van der Waals surface area contributed by atoms with Crippen LogP contribution in [0.2, 0.25) is 0 Å². The summed E-state index contributed by atoms with van der Waals surface area (Å²) in [5, 5.41) is 12.2. The first-order valence-electron chi connectivity index (χ1n) is 7.40. The van der Waals surface area contributed by atoms with Crippen LogP contribution in [0.15, 0.2) is 6.07 Å². The summed E-state index contributed by atoms with van der Waals surface area (Å²) in [4.78, 5) is 0. The summed E-state index contributed by atoms with van der Waals surface area (Å²) in [6, 6.07) is 2.59. The summed E-state index contributed by atoms with van der Waals surface area (Å²) in [6.45, 7) is 9.07. The topological polar surface area (TPSA) is 47.0 Å². The van der Waals surface area contributed by atoms with E-state index < -0.39 is 0 Å². The summed E-state index contributed by atoms with van der Waals surface area (Å²) in [6.07, 6.45) is 3.19. The van der Waals surface area contributed by atoms with Crippen LogP contribution in [-0.4, -0.2) is 30.0 Å². The average molecular weight is 263 g/mol. The highest BCUT2D eigenvalue weighted by Gasteiger charge is 2.27. The van der Waals surface area contributed by atoms with E-state index in [2.05, 4.69) is 35.4 Å². The van der Waals surface area contributed by atoms with Crippen molar-refractivity contribution in [2.45, 2.75) is 46.1 Å². The van der Waals surface area contributed by atoms with Crippen molar-refractivity contribution >= 4 is 0 Å². The first-order chi connectivity index (χ1) is 9.26. The Morgan fingerprint density at radius 3 is 2.68 bits per heavy atom. The van der Waals surface area contributed by atoms with Crippen LogP contribution in [0.3, 0.4) is 0 Å². The predicted octanol–water partition coefficient (Wildman–Crippen LogP) is 2.42. The zero-order chi connectivity index (χ0) is 13.7. The van der Waals surface area contributed by atoms with Gasteiger partial charge in [0.15, 0.2) is 0 Å². The SMILES string of the molecule is CCNC(c1cc(C)nnc1CC)C1CCOCC1. The number of hydrogen-bond donors (Lipinski definition) is 1. The fourth-order valence-corrected chi connectivity index (χ4v) is 2.88. The van der Waals surface area contributed by atoms with Crippen LogP contribution in [-0.2, 0) is 11.2 Å². The van der Waals surface area contributed by atoms with Gasteiger partial charge in [-0.25, -0.2) is 0 Å². The number of ether oxygens (including phenoxy) is 1. The van der Waals surface area contributed by atoms with Gasteiger partial charge in [0.1, 0.15) is 0 Å². The molecule has 106 valence electrons. The molecule has 4 heteroatoms. The van der Waals surface area contributed by atoms with Crippen molar-refractivity contribution in [3.8, 4) is 0 Å². The monoisotopic (exact) mass is 263 g/mol. The molecule has 1 aromatic heterocycles. The van der Waals surface area contributed by atoms with Crippen molar-refractivity contribution < 1.29 is 4.74 Å². The molecule has 1 atom stereocenters. The average Bonchev–Trinajstić information content (AvgIpc) is 2.45. The van der Waals surface area contributed by atoms with E-state index in [-0.39, 0.29) is 0 Å². The molecule has 0 saturated carbocycles. The molecule has 0 aromatic carbocycles. The molecule has 0 radical (unpaired) electrons. The molecule has 1 N–H and O–H groups in total. The molecule has 0 amide bonds. The molecule has 1 aromatic rings. The van der Waals surface area contributed by atoms with Gasteiger partial charge in [-0.15, -0.1) is 0 Å². The Morgan fingerprint density at radius 2 is 2.05 bits per heavy atom. The molecule has 1 unspecified atom stereocenters. The minimum Gasteiger partial charge on any atom is -0.381 e. The van der Waals surface area contributed by atoms with Crippen LogP contribution in [0.25, 0.3) is 0 Å². The van der Waals surface area contributed by atoms with Crippen molar-refractivity contribution in [2.24, 2.45) is 5.92 Å². The van der Waals surface area contributed by atoms with E-state index in [4.69, 9.17) is 4.74 Å². The third-order valence-corrected chi connectivity index (χ3v) is 3.86. The summed E-state index contributed by atoms with van der Waals surface area (Å²) >= 11 is 0. The van der Waals surface area contributed by atoms with Crippen LogP contribution >= 0.6 is 0 Å². The quantitative estimate of drug-likeness (QED) is 0.886. The van der Waals surface area contributed by atoms with Crippen molar-refractivity contribution in [2.75, 3.05) is 19.8 Å². The van der Waals surface area contributed by atoms with Crippen molar-refractivity contribution in [3.63, 3.8) is 0 Å². The van der Waals surface area contributed by atoms with Crippen LogP contribution in [0.4, 0.5) is 0 Å². The van der Waals surface area contributed by atoms with Gasteiger partial charge in [0.25, 0.3) is 0 Å². The van der Waals surface area contributed by atoms with Gasteiger partial charge >= 0.3 is 0 Å². The Morgan fingerprint density at radius 1 is 1.32 bits per heavy atom. The highest BCUT2D eigenvalue weighted by molar-refractivity contribution is 5.25. The maximum Gasteiger partial charge on any atom is 0.0676 e. The predicted molar refractivity (Wildman–Crippen MR) is 76.1 cm³/mol. The zero-order valence-electron chi connectivity index (χ0n) is 12.3. The molecular formula is C15H25N3O. The second kappa shape index (κ2) is 6.96. The van der Waals surface area contributed by atoms with Gasteiger partial charge in [0.05, 0.1) is 11.4 Å². The highest BCUT2D eigenvalue weighted by atomic mass is 16.5. The number of rotatable bonds is 5. The number of nitrogens with zero attached hydrogens (tertiary/aromatic N) is 2. The highest BCUT2D eigenvalue weighted by Crippen LogP contribution is 2.31. The lowest BCUT2D eigenvalue weighted by Crippen LogP contribution is -2.33. The normalized spacial score (nSPS) is 18.5. The minimum absolute atomic E-state index is 0.387. The van der Waals surface area contributed by atoms with Crippen molar-refractivity contribution in [3.05, 3.63) is 23.0 Å². The Kier molecular flexibility index (Phi) is 5.28. The molecule has 1 aliphatic rings. The van der Waals surface area contributed by atoms with E-state index in [9.17, 15) is 0 Å². The van der Waals surface area contributed by atoms with Crippen LogP contribution in [0, 0.1) is 12.8 Å². The van der Waals surface area contributed by atoms with Gasteiger partial charge in [0, 0.05) is 19.3 Å². The zero-order valence-corrected chi connectivity index (χ0v) is 12.3. The van der Waals surface area contributed by atoms with Gasteiger partial charge in [-0.05, 0) is 50.3 Å². The van der Waals surface area contributed by atoms with Crippen LogP contribution < -0.4 is 5.32 Å². The lowest BCUT2D eigenvalue weighted by atomic mass is 9.86. The molecule has 0 bridgehead atoms. The van der Waals surface area contributed by atoms with E-state index in [1.165, 1.54) is 5.56 Å². The van der Waals surface area contributed by atoms with Gasteiger partial charge in [-0.3, -0.25) is 0 Å². The standard InChI is InChI=1S/C15H25N3O/c1-4-14-13(10-11(3)17-18-14)15(16-5-2)12-6-8-19-9-7-12/h10,12,15-16H,4-9H2,1-3H3. The molecule has 1 saturated heterocycles. The van der Waals surface area contributed by atoms with E-state index in [0.29, 0.717) is 12.0 Å². The Bertz CT molecular complexity index is 402. The van der Waals surface area contributed by atoms with Gasteiger partial charge in [-0.2, -0.15) is 10.2 Å². The number of aromatic nitrogens is 2. The fraction of sp³-hybridized carbons (Fsp3) is 0.733. The first kappa shape index (κ1) is 14.4. The third kappa shape index (κ3) is 3.51. The van der Waals surface area contributed by atoms with Gasteiger partial charge in [0.2, 0.25) is 0 Å². The maximum atomic E-state index is 5.49. The molecular weight excluding hydrogens is 238 g/mol. The second-order valence-electron chi connectivity index (χ2n) is 5.23. The maximum absolute atomic E-state index is 5.49. The molecule has 4 nitrogen and oxygen atoms in total.